The Morgan fingerprint density at radius 1 is 0.812 bits per heavy atom. The first kappa shape index (κ1) is 22.7. The van der Waals surface area contributed by atoms with Crippen molar-refractivity contribution in [3.63, 3.8) is 0 Å². The number of hydrogen-bond donors (Lipinski definition) is 1. The van der Waals surface area contributed by atoms with Gasteiger partial charge >= 0.3 is 5.97 Å². The number of Topliss-reactive ketones (excluding diaryl/α,β-unsaturated/α-hetero) is 1. The molecular formula is C26H25NO5. The maximum atomic E-state index is 13.1. The lowest BCUT2D eigenvalue weighted by molar-refractivity contribution is -0.147. The van der Waals surface area contributed by atoms with Crippen LogP contribution < -0.4 is 10.1 Å². The lowest BCUT2D eigenvalue weighted by Crippen LogP contribution is -2.35. The number of rotatable bonds is 9. The molecule has 0 spiro atoms. The third-order valence-corrected chi connectivity index (χ3v) is 4.75. The Balaban J connectivity index is 1.62. The van der Waals surface area contributed by atoms with Crippen molar-refractivity contribution in [3.8, 4) is 5.75 Å². The Hall–Kier alpha value is -3.93. The average Bonchev–Trinajstić information content (AvgIpc) is 2.81. The van der Waals surface area contributed by atoms with E-state index < -0.39 is 18.0 Å². The predicted octanol–water partition coefficient (Wildman–Crippen LogP) is 3.97. The summed E-state index contributed by atoms with van der Waals surface area (Å²) in [6, 6.07) is 23.1. The van der Waals surface area contributed by atoms with E-state index in [2.05, 4.69) is 5.32 Å². The van der Waals surface area contributed by atoms with Crippen LogP contribution in [0.2, 0.25) is 0 Å². The summed E-state index contributed by atoms with van der Waals surface area (Å²) in [5, 5.41) is 2.46. The molecule has 3 rings (SSSR count). The molecule has 0 heterocycles. The molecule has 0 bridgehead atoms. The summed E-state index contributed by atoms with van der Waals surface area (Å²) in [7, 11) is 0. The SMILES string of the molecule is Cc1ccc(C(=O)C(OC(=O)CNC(=O)COc2ccccc2)c2ccc(C)cc2)cc1. The molecule has 0 radical (unpaired) electrons. The van der Waals surface area contributed by atoms with E-state index in [9.17, 15) is 14.4 Å². The number of ether oxygens (including phenoxy) is 2. The fourth-order valence-electron chi connectivity index (χ4n) is 2.94. The van der Waals surface area contributed by atoms with Gasteiger partial charge in [-0.25, -0.2) is 0 Å². The van der Waals surface area contributed by atoms with Gasteiger partial charge in [0, 0.05) is 11.1 Å². The van der Waals surface area contributed by atoms with E-state index in [1.165, 1.54) is 0 Å². The van der Waals surface area contributed by atoms with E-state index in [1.54, 1.807) is 48.5 Å². The smallest absolute Gasteiger partial charge is 0.326 e. The molecule has 1 atom stereocenters. The summed E-state index contributed by atoms with van der Waals surface area (Å²) in [5.41, 5.74) is 3.04. The molecule has 0 aromatic heterocycles. The molecule has 0 aliphatic rings. The van der Waals surface area contributed by atoms with Gasteiger partial charge in [-0.2, -0.15) is 0 Å². The molecular weight excluding hydrogens is 406 g/mol. The second-order valence-corrected chi connectivity index (χ2v) is 7.39. The van der Waals surface area contributed by atoms with Crippen LogP contribution in [0.3, 0.4) is 0 Å². The first-order chi connectivity index (χ1) is 15.4. The predicted molar refractivity (Wildman–Crippen MR) is 120 cm³/mol. The monoisotopic (exact) mass is 431 g/mol. The number of aryl methyl sites for hydroxylation is 2. The van der Waals surface area contributed by atoms with Crippen molar-refractivity contribution >= 4 is 17.7 Å². The van der Waals surface area contributed by atoms with Crippen molar-refractivity contribution in [2.45, 2.75) is 20.0 Å². The number of carbonyl (C=O) groups is 3. The van der Waals surface area contributed by atoms with E-state index in [0.717, 1.165) is 11.1 Å². The Bertz CT molecular complexity index is 1060. The standard InChI is InChI=1S/C26H25NO5/c1-18-8-12-20(13-9-18)25(30)26(21-14-10-19(2)11-15-21)32-24(29)16-27-23(28)17-31-22-6-4-3-5-7-22/h3-15,26H,16-17H2,1-2H3,(H,27,28). The maximum absolute atomic E-state index is 13.1. The van der Waals surface area contributed by atoms with Crippen LogP contribution in [-0.2, 0) is 14.3 Å². The number of ketones is 1. The second-order valence-electron chi connectivity index (χ2n) is 7.39. The first-order valence-corrected chi connectivity index (χ1v) is 10.2. The van der Waals surface area contributed by atoms with Gasteiger partial charge in [-0.1, -0.05) is 77.9 Å². The summed E-state index contributed by atoms with van der Waals surface area (Å²) in [6.07, 6.45) is -1.11. The lowest BCUT2D eigenvalue weighted by atomic mass is 9.98. The number of para-hydroxylation sites is 1. The summed E-state index contributed by atoms with van der Waals surface area (Å²) in [6.45, 7) is 3.25. The normalized spacial score (nSPS) is 11.3. The zero-order valence-electron chi connectivity index (χ0n) is 18.0. The van der Waals surface area contributed by atoms with Crippen molar-refractivity contribution in [2.24, 2.45) is 0 Å². The maximum Gasteiger partial charge on any atom is 0.326 e. The van der Waals surface area contributed by atoms with E-state index in [1.807, 2.05) is 44.2 Å². The molecule has 6 heteroatoms. The number of amides is 1. The van der Waals surface area contributed by atoms with Gasteiger partial charge in [-0.3, -0.25) is 14.4 Å². The van der Waals surface area contributed by atoms with Gasteiger partial charge < -0.3 is 14.8 Å². The molecule has 32 heavy (non-hydrogen) atoms. The van der Waals surface area contributed by atoms with Gasteiger partial charge in [0.1, 0.15) is 12.3 Å². The fourth-order valence-corrected chi connectivity index (χ4v) is 2.94. The number of hydrogen-bond acceptors (Lipinski definition) is 5. The van der Waals surface area contributed by atoms with Gasteiger partial charge in [-0.05, 0) is 26.0 Å². The lowest BCUT2D eigenvalue weighted by Gasteiger charge is -2.18. The van der Waals surface area contributed by atoms with Crippen molar-refractivity contribution in [1.29, 1.82) is 0 Å². The van der Waals surface area contributed by atoms with Crippen LogP contribution in [-0.4, -0.2) is 30.8 Å². The molecule has 164 valence electrons. The molecule has 0 fully saturated rings. The molecule has 1 N–H and O–H groups in total. The molecule has 3 aromatic carbocycles. The van der Waals surface area contributed by atoms with Gasteiger partial charge in [0.25, 0.3) is 5.91 Å². The zero-order chi connectivity index (χ0) is 22.9. The summed E-state index contributed by atoms with van der Waals surface area (Å²) in [5.74, 6) is -0.971. The highest BCUT2D eigenvalue weighted by Crippen LogP contribution is 2.23. The molecule has 3 aromatic rings. The zero-order valence-corrected chi connectivity index (χ0v) is 18.0. The first-order valence-electron chi connectivity index (χ1n) is 10.2. The fraction of sp³-hybridized carbons (Fsp3) is 0.192. The summed E-state index contributed by atoms with van der Waals surface area (Å²) >= 11 is 0. The van der Waals surface area contributed by atoms with E-state index in [0.29, 0.717) is 16.9 Å². The largest absolute Gasteiger partial charge is 0.484 e. The van der Waals surface area contributed by atoms with E-state index in [4.69, 9.17) is 9.47 Å². The van der Waals surface area contributed by atoms with Crippen LogP contribution in [0.4, 0.5) is 0 Å². The Morgan fingerprint density at radius 3 is 2.03 bits per heavy atom. The molecule has 6 nitrogen and oxygen atoms in total. The van der Waals surface area contributed by atoms with Gasteiger partial charge in [0.2, 0.25) is 5.78 Å². The third-order valence-electron chi connectivity index (χ3n) is 4.75. The molecule has 1 unspecified atom stereocenters. The van der Waals surface area contributed by atoms with Gasteiger partial charge in [-0.15, -0.1) is 0 Å². The number of carbonyl (C=O) groups excluding carboxylic acids is 3. The molecule has 0 aliphatic carbocycles. The van der Waals surface area contributed by atoms with E-state index >= 15 is 0 Å². The quantitative estimate of drug-likeness (QED) is 0.410. The molecule has 1 amide bonds. The number of nitrogens with one attached hydrogen (secondary N) is 1. The minimum absolute atomic E-state index is 0.235. The van der Waals surface area contributed by atoms with Crippen molar-refractivity contribution < 1.29 is 23.9 Å². The minimum atomic E-state index is -1.11. The van der Waals surface area contributed by atoms with Gasteiger partial charge in [0.05, 0.1) is 0 Å². The van der Waals surface area contributed by atoms with Crippen molar-refractivity contribution in [3.05, 3.63) is 101 Å². The van der Waals surface area contributed by atoms with Crippen molar-refractivity contribution in [2.75, 3.05) is 13.2 Å². The molecule has 0 saturated heterocycles. The number of esters is 1. The summed E-state index contributed by atoms with van der Waals surface area (Å²) < 4.78 is 10.8. The highest BCUT2D eigenvalue weighted by Gasteiger charge is 2.26. The Kier molecular flexibility index (Phi) is 7.75. The minimum Gasteiger partial charge on any atom is -0.484 e. The Morgan fingerprint density at radius 2 is 1.41 bits per heavy atom. The van der Waals surface area contributed by atoms with Gasteiger partial charge in [0.15, 0.2) is 12.7 Å². The van der Waals surface area contributed by atoms with Crippen LogP contribution in [0.5, 0.6) is 5.75 Å². The second kappa shape index (κ2) is 10.9. The molecule has 0 aliphatic heterocycles. The highest BCUT2D eigenvalue weighted by molar-refractivity contribution is 6.01. The topological polar surface area (TPSA) is 81.7 Å². The third kappa shape index (κ3) is 6.54. The summed E-state index contributed by atoms with van der Waals surface area (Å²) in [4.78, 5) is 37.5. The van der Waals surface area contributed by atoms with E-state index in [-0.39, 0.29) is 18.9 Å². The van der Waals surface area contributed by atoms with Crippen LogP contribution in [0.15, 0.2) is 78.9 Å². The van der Waals surface area contributed by atoms with Crippen LogP contribution in [0, 0.1) is 13.8 Å². The highest BCUT2D eigenvalue weighted by atomic mass is 16.5. The van der Waals surface area contributed by atoms with Crippen LogP contribution in [0.1, 0.15) is 33.2 Å². The van der Waals surface area contributed by atoms with Crippen molar-refractivity contribution in [1.82, 2.24) is 5.32 Å². The van der Waals surface area contributed by atoms with Crippen LogP contribution in [0.25, 0.3) is 0 Å². The average molecular weight is 431 g/mol. The number of benzene rings is 3. The molecule has 0 saturated carbocycles. The van der Waals surface area contributed by atoms with Crippen LogP contribution >= 0.6 is 0 Å². The Labute approximate surface area is 187 Å².